The highest BCUT2D eigenvalue weighted by atomic mass is 16.5. The summed E-state index contributed by atoms with van der Waals surface area (Å²) in [5, 5.41) is 40.2. The Labute approximate surface area is 292 Å². The first-order valence-corrected chi connectivity index (χ1v) is 17.0. The van der Waals surface area contributed by atoms with E-state index in [-0.39, 0.29) is 76.4 Å². The molecule has 0 saturated carbocycles. The molecule has 2 atom stereocenters. The van der Waals surface area contributed by atoms with Gasteiger partial charge in [0, 0.05) is 58.7 Å². The number of aliphatic hydroxyl groups excluding tert-OH is 1. The van der Waals surface area contributed by atoms with Gasteiger partial charge in [-0.05, 0) is 30.7 Å². The van der Waals surface area contributed by atoms with Crippen LogP contribution >= 0.6 is 0 Å². The van der Waals surface area contributed by atoms with E-state index in [0.29, 0.717) is 45.2 Å². The molecule has 280 valence electrons. The van der Waals surface area contributed by atoms with Gasteiger partial charge in [0.05, 0.1) is 59.7 Å². The van der Waals surface area contributed by atoms with Gasteiger partial charge >= 0.3 is 23.9 Å². The monoisotopic (exact) mass is 709 g/mol. The summed E-state index contributed by atoms with van der Waals surface area (Å²) >= 11 is 0. The molecule has 1 aliphatic heterocycles. The van der Waals surface area contributed by atoms with E-state index in [0.717, 1.165) is 11.3 Å². The molecule has 4 N–H and O–H groups in total. The van der Waals surface area contributed by atoms with E-state index in [2.05, 4.69) is 0 Å². The SMILES string of the molecule is CCOCCOCCOc1ccc(CC(C(=O)O)[N+]2(C3=CC3)CCN(CC(=O)O)CCN(C(CO)C(=O)OC)CCN(CC(=O)O)CC2)cc1. The quantitative estimate of drug-likeness (QED) is 0.0792. The van der Waals surface area contributed by atoms with Crippen LogP contribution in [0.25, 0.3) is 0 Å². The third kappa shape index (κ3) is 12.9. The fourth-order valence-corrected chi connectivity index (χ4v) is 6.32. The molecule has 2 unspecified atom stereocenters. The summed E-state index contributed by atoms with van der Waals surface area (Å²) in [7, 11) is 1.21. The molecule has 0 aromatic heterocycles. The van der Waals surface area contributed by atoms with Crippen LogP contribution in [-0.4, -0.2) is 188 Å². The zero-order chi connectivity index (χ0) is 36.5. The molecular weight excluding hydrogens is 656 g/mol. The van der Waals surface area contributed by atoms with Gasteiger partial charge in [-0.25, -0.2) is 4.79 Å². The lowest BCUT2D eigenvalue weighted by Gasteiger charge is -2.44. The lowest BCUT2D eigenvalue weighted by atomic mass is 10.0. The van der Waals surface area contributed by atoms with Crippen molar-refractivity contribution in [2.24, 2.45) is 0 Å². The molecule has 0 spiro atoms. The van der Waals surface area contributed by atoms with Crippen molar-refractivity contribution < 1.29 is 63.0 Å². The molecule has 1 saturated heterocycles. The zero-order valence-corrected chi connectivity index (χ0v) is 29.1. The lowest BCUT2D eigenvalue weighted by molar-refractivity contribution is -0.903. The highest BCUT2D eigenvalue weighted by molar-refractivity contribution is 5.76. The number of ether oxygens (including phenoxy) is 4. The number of rotatable bonds is 20. The van der Waals surface area contributed by atoms with Crippen LogP contribution in [0.15, 0.2) is 36.0 Å². The van der Waals surface area contributed by atoms with Crippen molar-refractivity contribution in [1.29, 1.82) is 0 Å². The Kier molecular flexibility index (Phi) is 17.0. The van der Waals surface area contributed by atoms with Gasteiger partial charge < -0.3 is 39.4 Å². The number of allylic oxidation sites excluding steroid dienone is 2. The number of carbonyl (C=O) groups is 4. The van der Waals surface area contributed by atoms with Crippen molar-refractivity contribution in [3.8, 4) is 5.75 Å². The molecule has 2 aliphatic rings. The molecular formula is C34H53N4O12+. The van der Waals surface area contributed by atoms with Crippen molar-refractivity contribution in [2.75, 3.05) is 112 Å². The van der Waals surface area contributed by atoms with E-state index < -0.39 is 42.6 Å². The summed E-state index contributed by atoms with van der Waals surface area (Å²) in [5.41, 5.74) is 1.69. The third-order valence-corrected chi connectivity index (χ3v) is 9.11. The summed E-state index contributed by atoms with van der Waals surface area (Å²) in [6.45, 7) is 4.89. The van der Waals surface area contributed by atoms with Crippen molar-refractivity contribution in [2.45, 2.75) is 31.8 Å². The largest absolute Gasteiger partial charge is 0.491 e. The van der Waals surface area contributed by atoms with Crippen molar-refractivity contribution >= 4 is 23.9 Å². The van der Waals surface area contributed by atoms with E-state index in [1.807, 2.05) is 25.1 Å². The average Bonchev–Trinajstić information content (AvgIpc) is 3.93. The molecule has 0 radical (unpaired) electrons. The smallest absolute Gasteiger partial charge is 0.363 e. The van der Waals surface area contributed by atoms with Crippen molar-refractivity contribution in [1.82, 2.24) is 14.7 Å². The number of hydrogen-bond acceptors (Lipinski definition) is 12. The Hall–Kier alpha value is -3.64. The second kappa shape index (κ2) is 20.9. The molecule has 0 bridgehead atoms. The fraction of sp³-hybridized carbons (Fsp3) is 0.647. The summed E-state index contributed by atoms with van der Waals surface area (Å²) in [5.74, 6) is -3.16. The maximum atomic E-state index is 13.1. The summed E-state index contributed by atoms with van der Waals surface area (Å²) in [6.07, 6.45) is 2.75. The van der Waals surface area contributed by atoms with Gasteiger partial charge in [0.1, 0.15) is 24.1 Å². The number of nitrogens with zero attached hydrogens (tertiary/aromatic N) is 4. The standard InChI is InChI=1S/C34H52N4O12/c1-3-48-18-19-49-20-21-50-28-8-4-26(5-9-28)22-30(33(44)45)38(27-6-7-27)16-14-35(23-31(40)41)10-12-37(29(25-39)34(46)47-2)13-11-36(15-17-38)24-32(42)43/h4-6,8-9,29-30,39H,3,7,10-25H2,1-2H3,(H2-,40,41,42,43,44,45)/p+1. The molecule has 1 aromatic rings. The van der Waals surface area contributed by atoms with Crippen LogP contribution in [0.2, 0.25) is 0 Å². The molecule has 1 aromatic carbocycles. The van der Waals surface area contributed by atoms with Gasteiger partial charge in [0.15, 0.2) is 6.04 Å². The van der Waals surface area contributed by atoms with Gasteiger partial charge in [-0.15, -0.1) is 0 Å². The summed E-state index contributed by atoms with van der Waals surface area (Å²) in [6, 6.07) is 5.28. The first kappa shape index (κ1) is 40.8. The predicted molar refractivity (Wildman–Crippen MR) is 180 cm³/mol. The minimum absolute atomic E-state index is 0.0457. The number of methoxy groups -OCH3 is 1. The Morgan fingerprint density at radius 3 is 1.86 bits per heavy atom. The molecule has 1 heterocycles. The number of quaternary nitrogens is 1. The number of benzene rings is 1. The first-order chi connectivity index (χ1) is 24.0. The van der Waals surface area contributed by atoms with E-state index in [9.17, 15) is 39.6 Å². The Balaban J connectivity index is 1.86. The van der Waals surface area contributed by atoms with Crippen molar-refractivity contribution in [3.63, 3.8) is 0 Å². The zero-order valence-electron chi connectivity index (χ0n) is 29.1. The van der Waals surface area contributed by atoms with E-state index >= 15 is 0 Å². The second-order valence-electron chi connectivity index (χ2n) is 12.3. The van der Waals surface area contributed by atoms with E-state index in [4.69, 9.17) is 18.9 Å². The van der Waals surface area contributed by atoms with Crippen LogP contribution in [0.5, 0.6) is 5.75 Å². The number of hydrogen-bond donors (Lipinski definition) is 4. The molecule has 1 fully saturated rings. The van der Waals surface area contributed by atoms with E-state index in [1.165, 1.54) is 7.11 Å². The summed E-state index contributed by atoms with van der Waals surface area (Å²) in [4.78, 5) is 54.5. The second-order valence-corrected chi connectivity index (χ2v) is 12.3. The predicted octanol–water partition coefficient (Wildman–Crippen LogP) is -0.159. The fourth-order valence-electron chi connectivity index (χ4n) is 6.32. The van der Waals surface area contributed by atoms with Crippen LogP contribution in [0.3, 0.4) is 0 Å². The first-order valence-electron chi connectivity index (χ1n) is 17.0. The molecule has 50 heavy (non-hydrogen) atoms. The van der Waals surface area contributed by atoms with Crippen LogP contribution in [0, 0.1) is 0 Å². The average molecular weight is 710 g/mol. The summed E-state index contributed by atoms with van der Waals surface area (Å²) < 4.78 is 21.4. The van der Waals surface area contributed by atoms with Gasteiger partial charge in [0.25, 0.3) is 0 Å². The van der Waals surface area contributed by atoms with Crippen molar-refractivity contribution in [3.05, 3.63) is 41.6 Å². The van der Waals surface area contributed by atoms with Gasteiger partial charge in [-0.1, -0.05) is 12.1 Å². The molecule has 16 nitrogen and oxygen atoms in total. The number of esters is 1. The Morgan fingerprint density at radius 1 is 0.820 bits per heavy atom. The lowest BCUT2D eigenvalue weighted by Crippen LogP contribution is -2.62. The number of carbonyl (C=O) groups excluding carboxylic acids is 1. The molecule has 0 amide bonds. The Morgan fingerprint density at radius 2 is 1.38 bits per heavy atom. The normalized spacial score (nSPS) is 18.9. The van der Waals surface area contributed by atoms with Gasteiger partial charge in [0.2, 0.25) is 0 Å². The topological polar surface area (TPSA) is 196 Å². The van der Waals surface area contributed by atoms with Crippen LogP contribution in [0.1, 0.15) is 18.9 Å². The number of carboxylic acid groups (broad SMARTS) is 3. The van der Waals surface area contributed by atoms with Crippen LogP contribution in [-0.2, 0) is 39.8 Å². The van der Waals surface area contributed by atoms with Gasteiger partial charge in [-0.3, -0.25) is 33.6 Å². The minimum atomic E-state index is -1.05. The number of carboxylic acids is 3. The molecule has 16 heteroatoms. The number of aliphatic carboxylic acids is 3. The highest BCUT2D eigenvalue weighted by Crippen LogP contribution is 2.36. The van der Waals surface area contributed by atoms with Gasteiger partial charge in [-0.2, -0.15) is 0 Å². The van der Waals surface area contributed by atoms with Crippen LogP contribution < -0.4 is 4.74 Å². The minimum Gasteiger partial charge on any atom is -0.491 e. The molecule has 1 aliphatic carbocycles. The van der Waals surface area contributed by atoms with E-state index in [1.54, 1.807) is 26.8 Å². The Bertz CT molecular complexity index is 1250. The maximum Gasteiger partial charge on any atom is 0.363 e. The third-order valence-electron chi connectivity index (χ3n) is 9.11. The highest BCUT2D eigenvalue weighted by Gasteiger charge is 2.48. The number of aliphatic hydroxyl groups is 1. The molecule has 3 rings (SSSR count). The van der Waals surface area contributed by atoms with Crippen LogP contribution in [0.4, 0.5) is 0 Å². The maximum absolute atomic E-state index is 13.1.